The molecule has 1 atom stereocenters. The van der Waals surface area contributed by atoms with Crippen molar-refractivity contribution < 1.29 is 0 Å². The number of hydrogen-bond donors (Lipinski definition) is 0. The van der Waals surface area contributed by atoms with Gasteiger partial charge in [-0.25, -0.2) is 0 Å². The normalized spacial score (nSPS) is 34.5. The van der Waals surface area contributed by atoms with Crippen molar-refractivity contribution in [1.82, 2.24) is 0 Å². The predicted molar refractivity (Wildman–Crippen MR) is 89.7 cm³/mol. The van der Waals surface area contributed by atoms with E-state index in [2.05, 4.69) is 79.0 Å². The maximum absolute atomic E-state index is 2.30. The van der Waals surface area contributed by atoms with Crippen LogP contribution in [0.3, 0.4) is 0 Å². The number of hydrogen-bond acceptors (Lipinski definition) is 0. The van der Waals surface area contributed by atoms with Gasteiger partial charge in [0.25, 0.3) is 0 Å². The van der Waals surface area contributed by atoms with E-state index in [9.17, 15) is 0 Å². The Labute approximate surface area is 126 Å². The van der Waals surface area contributed by atoms with Crippen LogP contribution < -0.4 is 0 Å². The minimum Gasteiger partial charge on any atom is -0.0836 e. The molecule has 102 valence electrons. The molecule has 0 N–H and O–H groups in total. The SMILES string of the molecule is C1=CCC2=C(C=C1)C1=C3C(=C\C=C/C=C\1)/C=C\C=C/CC23. The lowest BCUT2D eigenvalue weighted by Gasteiger charge is -2.20. The fourth-order valence-corrected chi connectivity index (χ4v) is 3.60. The third kappa shape index (κ3) is 2.08. The number of allylic oxidation sites excluding steroid dienone is 18. The second-order valence-electron chi connectivity index (χ2n) is 5.70. The van der Waals surface area contributed by atoms with Crippen LogP contribution in [-0.2, 0) is 0 Å². The quantitative estimate of drug-likeness (QED) is 0.560. The molecule has 0 fully saturated rings. The van der Waals surface area contributed by atoms with Gasteiger partial charge in [0.1, 0.15) is 0 Å². The second kappa shape index (κ2) is 5.21. The summed E-state index contributed by atoms with van der Waals surface area (Å²) in [6.07, 6.45) is 30.9. The van der Waals surface area contributed by atoms with Crippen molar-refractivity contribution in [3.05, 3.63) is 107 Å². The van der Waals surface area contributed by atoms with Gasteiger partial charge in [-0.3, -0.25) is 0 Å². The first kappa shape index (κ1) is 12.4. The standard InChI is InChI=1S/C21H18/c1-4-10-16-11-5-2-9-15-20-18-13-7-3-6-12-17(18)19(14-8-1)21(16)20/h1-12,14,20H,13,15H2/b4-1-,8-1?,9-2-,10-4?,11-5-,14-8-,16-10-,19-14?,21-16?. The van der Waals surface area contributed by atoms with E-state index in [0.29, 0.717) is 5.92 Å². The summed E-state index contributed by atoms with van der Waals surface area (Å²) in [4.78, 5) is 0. The molecule has 21 heavy (non-hydrogen) atoms. The Kier molecular flexibility index (Phi) is 3.08. The van der Waals surface area contributed by atoms with E-state index in [1.807, 2.05) is 0 Å². The molecule has 0 spiro atoms. The topological polar surface area (TPSA) is 0 Å². The molecule has 0 saturated heterocycles. The molecule has 0 heterocycles. The first-order valence-corrected chi connectivity index (χ1v) is 7.64. The van der Waals surface area contributed by atoms with Crippen molar-refractivity contribution in [1.29, 1.82) is 0 Å². The minimum atomic E-state index is 0.519. The molecule has 0 radical (unpaired) electrons. The monoisotopic (exact) mass is 270 g/mol. The van der Waals surface area contributed by atoms with Gasteiger partial charge >= 0.3 is 0 Å². The molecule has 0 saturated carbocycles. The van der Waals surface area contributed by atoms with Crippen LogP contribution in [0.25, 0.3) is 0 Å². The van der Waals surface area contributed by atoms with Gasteiger partial charge in [0.2, 0.25) is 0 Å². The van der Waals surface area contributed by atoms with Crippen LogP contribution in [0.2, 0.25) is 0 Å². The maximum Gasteiger partial charge on any atom is 0.0107 e. The number of fused-ring (bicyclic) bond motifs is 2. The van der Waals surface area contributed by atoms with Gasteiger partial charge in [-0.15, -0.1) is 0 Å². The van der Waals surface area contributed by atoms with Gasteiger partial charge in [-0.1, -0.05) is 84.6 Å². The van der Waals surface area contributed by atoms with Crippen LogP contribution in [-0.4, -0.2) is 0 Å². The molecule has 0 aromatic rings. The van der Waals surface area contributed by atoms with Gasteiger partial charge in [0.05, 0.1) is 0 Å². The first-order chi connectivity index (χ1) is 10.4. The molecule has 0 nitrogen and oxygen atoms in total. The van der Waals surface area contributed by atoms with Crippen LogP contribution in [0.5, 0.6) is 0 Å². The van der Waals surface area contributed by atoms with E-state index >= 15 is 0 Å². The zero-order chi connectivity index (χ0) is 14.1. The van der Waals surface area contributed by atoms with E-state index in [0.717, 1.165) is 12.8 Å². The fourth-order valence-electron chi connectivity index (χ4n) is 3.60. The minimum absolute atomic E-state index is 0.519. The second-order valence-corrected chi connectivity index (χ2v) is 5.70. The van der Waals surface area contributed by atoms with E-state index in [1.165, 1.54) is 22.3 Å². The molecule has 1 unspecified atom stereocenters. The van der Waals surface area contributed by atoms with Crippen LogP contribution in [0.1, 0.15) is 12.8 Å². The molecule has 0 aliphatic heterocycles. The van der Waals surface area contributed by atoms with Crippen molar-refractivity contribution in [3.8, 4) is 0 Å². The fraction of sp³-hybridized carbons (Fsp3) is 0.143. The Morgan fingerprint density at radius 2 is 1.52 bits per heavy atom. The lowest BCUT2D eigenvalue weighted by atomic mass is 9.84. The Hall–Kier alpha value is -2.34. The van der Waals surface area contributed by atoms with Crippen LogP contribution >= 0.6 is 0 Å². The van der Waals surface area contributed by atoms with Gasteiger partial charge < -0.3 is 0 Å². The van der Waals surface area contributed by atoms with Crippen LogP contribution in [0.4, 0.5) is 0 Å². The predicted octanol–water partition coefficient (Wildman–Crippen LogP) is 5.29. The summed E-state index contributed by atoms with van der Waals surface area (Å²) < 4.78 is 0. The van der Waals surface area contributed by atoms with Gasteiger partial charge in [0.15, 0.2) is 0 Å². The zero-order valence-corrected chi connectivity index (χ0v) is 12.0. The Bertz CT molecular complexity index is 737. The highest BCUT2D eigenvalue weighted by atomic mass is 14.4. The molecule has 4 aliphatic rings. The molecule has 0 aromatic heterocycles. The zero-order valence-electron chi connectivity index (χ0n) is 12.0. The van der Waals surface area contributed by atoms with Crippen molar-refractivity contribution >= 4 is 0 Å². The van der Waals surface area contributed by atoms with Crippen LogP contribution in [0.15, 0.2) is 107 Å². The molecular weight excluding hydrogens is 252 g/mol. The van der Waals surface area contributed by atoms with E-state index in [4.69, 9.17) is 0 Å². The smallest absolute Gasteiger partial charge is 0.0107 e. The van der Waals surface area contributed by atoms with E-state index < -0.39 is 0 Å². The van der Waals surface area contributed by atoms with Crippen LogP contribution in [0, 0.1) is 5.92 Å². The third-order valence-corrected chi connectivity index (χ3v) is 4.51. The average Bonchev–Trinajstić information content (AvgIpc) is 2.63. The van der Waals surface area contributed by atoms with E-state index in [-0.39, 0.29) is 0 Å². The molecular formula is C21H18. The summed E-state index contributed by atoms with van der Waals surface area (Å²) in [5.74, 6) is 0.519. The van der Waals surface area contributed by atoms with Crippen molar-refractivity contribution in [2.45, 2.75) is 12.8 Å². The summed E-state index contributed by atoms with van der Waals surface area (Å²) in [7, 11) is 0. The molecule has 0 amide bonds. The summed E-state index contributed by atoms with van der Waals surface area (Å²) >= 11 is 0. The average molecular weight is 270 g/mol. The molecule has 0 aromatic carbocycles. The van der Waals surface area contributed by atoms with E-state index in [1.54, 1.807) is 5.57 Å². The van der Waals surface area contributed by atoms with Crippen molar-refractivity contribution in [3.63, 3.8) is 0 Å². The molecule has 0 heteroatoms. The Morgan fingerprint density at radius 1 is 0.714 bits per heavy atom. The highest BCUT2D eigenvalue weighted by Gasteiger charge is 2.32. The molecule has 4 rings (SSSR count). The summed E-state index contributed by atoms with van der Waals surface area (Å²) in [5.41, 5.74) is 7.26. The molecule has 0 bridgehead atoms. The summed E-state index contributed by atoms with van der Waals surface area (Å²) in [6.45, 7) is 0. The lowest BCUT2D eigenvalue weighted by molar-refractivity contribution is 0.729. The molecule has 4 aliphatic carbocycles. The maximum atomic E-state index is 2.30. The third-order valence-electron chi connectivity index (χ3n) is 4.51. The summed E-state index contributed by atoms with van der Waals surface area (Å²) in [6, 6.07) is 0. The van der Waals surface area contributed by atoms with Gasteiger partial charge in [-0.2, -0.15) is 0 Å². The highest BCUT2D eigenvalue weighted by Crippen LogP contribution is 2.47. The largest absolute Gasteiger partial charge is 0.0836 e. The highest BCUT2D eigenvalue weighted by molar-refractivity contribution is 5.68. The van der Waals surface area contributed by atoms with Gasteiger partial charge in [0, 0.05) is 5.92 Å². The van der Waals surface area contributed by atoms with Gasteiger partial charge in [-0.05, 0) is 35.1 Å². The first-order valence-electron chi connectivity index (χ1n) is 7.64. The lowest BCUT2D eigenvalue weighted by Crippen LogP contribution is -2.06. The number of rotatable bonds is 0. The van der Waals surface area contributed by atoms with Crippen molar-refractivity contribution in [2.75, 3.05) is 0 Å². The summed E-state index contributed by atoms with van der Waals surface area (Å²) in [5, 5.41) is 0. The van der Waals surface area contributed by atoms with Crippen molar-refractivity contribution in [2.24, 2.45) is 5.92 Å². The Balaban J connectivity index is 1.95. The Morgan fingerprint density at radius 3 is 2.52 bits per heavy atom.